The largest absolute Gasteiger partial charge is 0.357 e. The topological polar surface area (TPSA) is 71.4 Å². The highest BCUT2D eigenvalue weighted by atomic mass is 32.2. The number of nitrogens with zero attached hydrogens (tertiary/aromatic N) is 2. The Kier molecular flexibility index (Phi) is 4.71. The second-order valence-corrected chi connectivity index (χ2v) is 6.43. The Balaban J connectivity index is 1.67. The molecule has 1 saturated heterocycles. The molecule has 0 radical (unpaired) electrons. The van der Waals surface area contributed by atoms with E-state index >= 15 is 0 Å². The third-order valence-corrected chi connectivity index (χ3v) is 4.36. The van der Waals surface area contributed by atoms with Gasteiger partial charge in [0.25, 0.3) is 11.1 Å². The molecule has 0 saturated carbocycles. The van der Waals surface area contributed by atoms with Gasteiger partial charge in [-0.2, -0.15) is 0 Å². The number of anilines is 1. The monoisotopic (exact) mass is 359 g/mol. The zero-order valence-corrected chi connectivity index (χ0v) is 14.0. The van der Waals surface area contributed by atoms with E-state index in [9.17, 15) is 18.8 Å². The number of aryl methyl sites for hydroxylation is 1. The molecule has 1 aromatic heterocycles. The summed E-state index contributed by atoms with van der Waals surface area (Å²) in [6.45, 7) is -0.395. The highest BCUT2D eigenvalue weighted by Gasteiger charge is 2.36. The second-order valence-electron chi connectivity index (χ2n) is 5.43. The fourth-order valence-corrected chi connectivity index (χ4v) is 3.11. The van der Waals surface area contributed by atoms with Gasteiger partial charge >= 0.3 is 0 Å². The molecule has 1 aromatic carbocycles. The van der Waals surface area contributed by atoms with Crippen molar-refractivity contribution in [3.05, 3.63) is 59.0 Å². The number of aromatic nitrogens is 1. The molecule has 0 unspecified atom stereocenters. The minimum atomic E-state index is -0.533. The zero-order chi connectivity index (χ0) is 18.0. The molecule has 0 aliphatic carbocycles. The van der Waals surface area contributed by atoms with Crippen LogP contribution in [0.3, 0.4) is 0 Å². The normalized spacial score (nSPS) is 15.9. The summed E-state index contributed by atoms with van der Waals surface area (Å²) in [5.74, 6) is -1.46. The van der Waals surface area contributed by atoms with Gasteiger partial charge in [-0.15, -0.1) is 0 Å². The van der Waals surface area contributed by atoms with Crippen molar-refractivity contribution in [2.24, 2.45) is 7.05 Å². The molecule has 3 rings (SSSR count). The molecule has 0 bridgehead atoms. The van der Waals surface area contributed by atoms with Crippen molar-refractivity contribution in [1.82, 2.24) is 9.47 Å². The fraction of sp³-hybridized carbons (Fsp3) is 0.118. The van der Waals surface area contributed by atoms with Crippen molar-refractivity contribution < 1.29 is 18.8 Å². The Morgan fingerprint density at radius 1 is 1.24 bits per heavy atom. The second kappa shape index (κ2) is 6.94. The molecule has 1 aliphatic heterocycles. The molecule has 0 spiro atoms. The van der Waals surface area contributed by atoms with Crippen LogP contribution >= 0.6 is 11.8 Å². The number of nitrogens with one attached hydrogen (secondary N) is 1. The first-order chi connectivity index (χ1) is 11.9. The van der Waals surface area contributed by atoms with Crippen LogP contribution < -0.4 is 5.32 Å². The minimum Gasteiger partial charge on any atom is -0.357 e. The summed E-state index contributed by atoms with van der Waals surface area (Å²) in [6, 6.07) is 7.03. The van der Waals surface area contributed by atoms with E-state index < -0.39 is 29.4 Å². The summed E-state index contributed by atoms with van der Waals surface area (Å²) in [6.07, 6.45) is 5.25. The van der Waals surface area contributed by atoms with Gasteiger partial charge in [-0.1, -0.05) is 0 Å². The maximum atomic E-state index is 12.9. The molecule has 128 valence electrons. The molecule has 8 heteroatoms. The van der Waals surface area contributed by atoms with Gasteiger partial charge in [-0.25, -0.2) is 4.39 Å². The molecule has 25 heavy (non-hydrogen) atoms. The first kappa shape index (κ1) is 17.0. The zero-order valence-electron chi connectivity index (χ0n) is 13.2. The lowest BCUT2D eigenvalue weighted by molar-refractivity contribution is -0.127. The average Bonchev–Trinajstić information content (AvgIpc) is 3.08. The Labute approximate surface area is 147 Å². The number of carbonyl (C=O) groups is 3. The molecule has 3 amide bonds. The van der Waals surface area contributed by atoms with Crippen LogP contribution in [-0.2, 0) is 16.6 Å². The quantitative estimate of drug-likeness (QED) is 0.852. The number of hydrogen-bond donors (Lipinski definition) is 1. The molecule has 1 fully saturated rings. The van der Waals surface area contributed by atoms with E-state index in [2.05, 4.69) is 5.32 Å². The maximum Gasteiger partial charge on any atom is 0.294 e. The maximum absolute atomic E-state index is 12.9. The van der Waals surface area contributed by atoms with Gasteiger partial charge in [0.1, 0.15) is 12.4 Å². The number of hydrogen-bond acceptors (Lipinski definition) is 4. The third-order valence-electron chi connectivity index (χ3n) is 3.46. The van der Waals surface area contributed by atoms with Gasteiger partial charge in [0, 0.05) is 25.1 Å². The molecule has 2 heterocycles. The van der Waals surface area contributed by atoms with Crippen molar-refractivity contribution >= 4 is 40.6 Å². The van der Waals surface area contributed by atoms with Crippen LogP contribution in [-0.4, -0.2) is 33.1 Å². The summed E-state index contributed by atoms with van der Waals surface area (Å²) >= 11 is 0.796. The molecule has 2 aromatic rings. The van der Waals surface area contributed by atoms with Crippen molar-refractivity contribution in [3.8, 4) is 0 Å². The first-order valence-corrected chi connectivity index (χ1v) is 8.17. The predicted octanol–water partition coefficient (Wildman–Crippen LogP) is 2.84. The SMILES string of the molecule is Cn1ccc(/C=C2/SC(=O)N(CC(=O)Nc3ccc(F)cc3)C2=O)c1. The molecule has 6 nitrogen and oxygen atoms in total. The van der Waals surface area contributed by atoms with Crippen molar-refractivity contribution in [2.45, 2.75) is 0 Å². The van der Waals surface area contributed by atoms with Crippen LogP contribution in [0.4, 0.5) is 14.9 Å². The third kappa shape index (κ3) is 3.97. The Morgan fingerprint density at radius 3 is 2.60 bits per heavy atom. The molecule has 1 aliphatic rings. The van der Waals surface area contributed by atoms with E-state index in [0.717, 1.165) is 22.2 Å². The average molecular weight is 359 g/mol. The highest BCUT2D eigenvalue weighted by Crippen LogP contribution is 2.32. The van der Waals surface area contributed by atoms with Crippen molar-refractivity contribution in [3.63, 3.8) is 0 Å². The smallest absolute Gasteiger partial charge is 0.294 e. The van der Waals surface area contributed by atoms with Crippen LogP contribution in [0.5, 0.6) is 0 Å². The number of carbonyl (C=O) groups excluding carboxylic acids is 3. The Morgan fingerprint density at radius 2 is 1.96 bits per heavy atom. The van der Waals surface area contributed by atoms with E-state index in [0.29, 0.717) is 5.69 Å². The van der Waals surface area contributed by atoms with Crippen LogP contribution in [0, 0.1) is 5.82 Å². The van der Waals surface area contributed by atoms with Gasteiger partial charge in [0.15, 0.2) is 0 Å². The van der Waals surface area contributed by atoms with Crippen molar-refractivity contribution in [2.75, 3.05) is 11.9 Å². The van der Waals surface area contributed by atoms with Gasteiger partial charge in [0.2, 0.25) is 5.91 Å². The lowest BCUT2D eigenvalue weighted by Crippen LogP contribution is -2.36. The van der Waals surface area contributed by atoms with E-state index in [1.165, 1.54) is 24.3 Å². The van der Waals surface area contributed by atoms with Crippen LogP contribution in [0.15, 0.2) is 47.6 Å². The van der Waals surface area contributed by atoms with E-state index in [-0.39, 0.29) is 4.91 Å². The number of benzene rings is 1. The van der Waals surface area contributed by atoms with Crippen LogP contribution in [0.25, 0.3) is 6.08 Å². The first-order valence-electron chi connectivity index (χ1n) is 7.35. The van der Waals surface area contributed by atoms with E-state index in [4.69, 9.17) is 0 Å². The summed E-state index contributed by atoms with van der Waals surface area (Å²) in [7, 11) is 1.85. The summed E-state index contributed by atoms with van der Waals surface area (Å²) in [5, 5.41) is 2.02. The molecule has 1 N–H and O–H groups in total. The number of imide groups is 1. The standard InChI is InChI=1S/C17H14FN3O3S/c1-20-7-6-11(9-20)8-14-16(23)21(17(24)25-14)10-15(22)19-13-4-2-12(18)3-5-13/h2-9H,10H2,1H3,(H,19,22)/b14-8+. The molecular formula is C17H14FN3O3S. The fourth-order valence-electron chi connectivity index (χ4n) is 2.28. The summed E-state index contributed by atoms with van der Waals surface area (Å²) in [4.78, 5) is 37.5. The van der Waals surface area contributed by atoms with E-state index in [1.807, 2.05) is 30.1 Å². The lowest BCUT2D eigenvalue weighted by Gasteiger charge is -2.12. The number of halogens is 1. The Hall–Kier alpha value is -2.87. The lowest BCUT2D eigenvalue weighted by atomic mass is 10.3. The predicted molar refractivity (Wildman–Crippen MR) is 93.1 cm³/mol. The van der Waals surface area contributed by atoms with Gasteiger partial charge in [-0.3, -0.25) is 19.3 Å². The van der Waals surface area contributed by atoms with Crippen LogP contribution in [0.1, 0.15) is 5.56 Å². The highest BCUT2D eigenvalue weighted by molar-refractivity contribution is 8.18. The van der Waals surface area contributed by atoms with Gasteiger partial charge in [0.05, 0.1) is 4.91 Å². The van der Waals surface area contributed by atoms with Gasteiger partial charge < -0.3 is 9.88 Å². The molecular weight excluding hydrogens is 345 g/mol. The van der Waals surface area contributed by atoms with E-state index in [1.54, 1.807) is 6.08 Å². The summed E-state index contributed by atoms with van der Waals surface area (Å²) in [5.41, 5.74) is 1.18. The van der Waals surface area contributed by atoms with Gasteiger partial charge in [-0.05, 0) is 53.7 Å². The van der Waals surface area contributed by atoms with Crippen LogP contribution in [0.2, 0.25) is 0 Å². The number of thioether (sulfide) groups is 1. The Bertz CT molecular complexity index is 874. The number of amides is 3. The summed E-state index contributed by atoms with van der Waals surface area (Å²) < 4.78 is 14.7. The van der Waals surface area contributed by atoms with Crippen molar-refractivity contribution in [1.29, 1.82) is 0 Å². The minimum absolute atomic E-state index is 0.269. The number of rotatable bonds is 4. The molecule has 0 atom stereocenters.